The molecular formula is C13H15BrFNO2. The third-order valence-electron chi connectivity index (χ3n) is 3.23. The summed E-state index contributed by atoms with van der Waals surface area (Å²) in [5.41, 5.74) is 0.0743. The predicted octanol–water partition coefficient (Wildman–Crippen LogP) is 2.89. The number of hydrogen-bond donors (Lipinski definition) is 1. The van der Waals surface area contributed by atoms with Gasteiger partial charge in [-0.05, 0) is 37.5 Å². The summed E-state index contributed by atoms with van der Waals surface area (Å²) in [5.74, 6) is -0.868. The molecule has 0 radical (unpaired) electrons. The molecule has 1 saturated carbocycles. The van der Waals surface area contributed by atoms with Crippen LogP contribution in [-0.2, 0) is 4.74 Å². The number of rotatable bonds is 3. The molecule has 1 aromatic carbocycles. The minimum absolute atomic E-state index is 0.0702. The SMILES string of the molecule is COC1CCC(NC(=O)c2cc(Br)ccc2F)C1. The molecule has 0 bridgehead atoms. The van der Waals surface area contributed by atoms with Crippen molar-refractivity contribution in [2.45, 2.75) is 31.4 Å². The predicted molar refractivity (Wildman–Crippen MR) is 70.0 cm³/mol. The van der Waals surface area contributed by atoms with E-state index in [4.69, 9.17) is 4.74 Å². The van der Waals surface area contributed by atoms with Crippen LogP contribution in [0.2, 0.25) is 0 Å². The Balaban J connectivity index is 2.02. The molecule has 2 atom stereocenters. The largest absolute Gasteiger partial charge is 0.381 e. The molecule has 0 heterocycles. The summed E-state index contributed by atoms with van der Waals surface area (Å²) in [6.45, 7) is 0. The van der Waals surface area contributed by atoms with E-state index in [-0.39, 0.29) is 23.6 Å². The summed E-state index contributed by atoms with van der Waals surface area (Å²) >= 11 is 3.23. The van der Waals surface area contributed by atoms with Gasteiger partial charge in [0.15, 0.2) is 0 Å². The summed E-state index contributed by atoms with van der Waals surface area (Å²) < 4.78 is 19.5. The zero-order chi connectivity index (χ0) is 13.1. The van der Waals surface area contributed by atoms with Gasteiger partial charge in [-0.3, -0.25) is 4.79 Å². The van der Waals surface area contributed by atoms with Crippen LogP contribution < -0.4 is 5.32 Å². The number of carbonyl (C=O) groups excluding carboxylic acids is 1. The van der Waals surface area contributed by atoms with Crippen LogP contribution >= 0.6 is 15.9 Å². The van der Waals surface area contributed by atoms with Gasteiger partial charge in [0.05, 0.1) is 11.7 Å². The molecule has 5 heteroatoms. The van der Waals surface area contributed by atoms with E-state index in [0.717, 1.165) is 19.3 Å². The number of carbonyl (C=O) groups is 1. The first-order valence-electron chi connectivity index (χ1n) is 5.89. The van der Waals surface area contributed by atoms with E-state index in [1.54, 1.807) is 13.2 Å². The van der Waals surface area contributed by atoms with Crippen molar-refractivity contribution in [2.24, 2.45) is 0 Å². The lowest BCUT2D eigenvalue weighted by Crippen LogP contribution is -2.33. The van der Waals surface area contributed by atoms with Crippen molar-refractivity contribution >= 4 is 21.8 Å². The fourth-order valence-electron chi connectivity index (χ4n) is 2.22. The molecule has 0 aliphatic heterocycles. The molecule has 0 spiro atoms. The quantitative estimate of drug-likeness (QED) is 0.931. The van der Waals surface area contributed by atoms with Crippen LogP contribution in [0, 0.1) is 5.82 Å². The second-order valence-electron chi connectivity index (χ2n) is 4.47. The number of nitrogens with one attached hydrogen (secondary N) is 1. The molecule has 1 aromatic rings. The van der Waals surface area contributed by atoms with E-state index in [1.165, 1.54) is 12.1 Å². The third-order valence-corrected chi connectivity index (χ3v) is 3.72. The van der Waals surface area contributed by atoms with Gasteiger partial charge in [-0.1, -0.05) is 15.9 Å². The standard InChI is InChI=1S/C13H15BrFNO2/c1-18-10-4-3-9(7-10)16-13(17)11-6-8(14)2-5-12(11)15/h2,5-6,9-10H,3-4,7H2,1H3,(H,16,17). The molecule has 1 N–H and O–H groups in total. The highest BCUT2D eigenvalue weighted by molar-refractivity contribution is 9.10. The number of halogens is 2. The van der Waals surface area contributed by atoms with E-state index >= 15 is 0 Å². The molecule has 2 rings (SSSR count). The third kappa shape index (κ3) is 3.09. The molecule has 1 fully saturated rings. The lowest BCUT2D eigenvalue weighted by Gasteiger charge is -2.13. The van der Waals surface area contributed by atoms with Crippen molar-refractivity contribution in [1.29, 1.82) is 0 Å². The Hall–Kier alpha value is -0.940. The normalized spacial score (nSPS) is 23.1. The number of benzene rings is 1. The van der Waals surface area contributed by atoms with Crippen LogP contribution in [0.3, 0.4) is 0 Å². The van der Waals surface area contributed by atoms with Crippen molar-refractivity contribution < 1.29 is 13.9 Å². The first-order chi connectivity index (χ1) is 8.60. The average Bonchev–Trinajstić information content (AvgIpc) is 2.80. The highest BCUT2D eigenvalue weighted by Gasteiger charge is 2.26. The van der Waals surface area contributed by atoms with Crippen LogP contribution in [0.15, 0.2) is 22.7 Å². The zero-order valence-corrected chi connectivity index (χ0v) is 11.7. The topological polar surface area (TPSA) is 38.3 Å². The Labute approximate surface area is 114 Å². The summed E-state index contributed by atoms with van der Waals surface area (Å²) in [6, 6.07) is 4.42. The van der Waals surface area contributed by atoms with Crippen molar-refractivity contribution in [3.8, 4) is 0 Å². The van der Waals surface area contributed by atoms with Gasteiger partial charge in [0, 0.05) is 17.6 Å². The molecule has 1 amide bonds. The smallest absolute Gasteiger partial charge is 0.254 e. The Morgan fingerprint density at radius 1 is 1.50 bits per heavy atom. The average molecular weight is 316 g/mol. The second kappa shape index (κ2) is 5.80. The summed E-state index contributed by atoms with van der Waals surface area (Å²) in [6.07, 6.45) is 2.79. The Bertz CT molecular complexity index is 453. The molecule has 18 heavy (non-hydrogen) atoms. The monoisotopic (exact) mass is 315 g/mol. The summed E-state index contributed by atoms with van der Waals surface area (Å²) in [5, 5.41) is 2.85. The van der Waals surface area contributed by atoms with Crippen LogP contribution in [-0.4, -0.2) is 25.2 Å². The zero-order valence-electron chi connectivity index (χ0n) is 10.1. The van der Waals surface area contributed by atoms with E-state index in [9.17, 15) is 9.18 Å². The van der Waals surface area contributed by atoms with Crippen LogP contribution in [0.4, 0.5) is 4.39 Å². The van der Waals surface area contributed by atoms with Crippen molar-refractivity contribution in [2.75, 3.05) is 7.11 Å². The Morgan fingerprint density at radius 3 is 2.94 bits per heavy atom. The van der Waals surface area contributed by atoms with Gasteiger partial charge < -0.3 is 10.1 Å². The van der Waals surface area contributed by atoms with Crippen LogP contribution in [0.5, 0.6) is 0 Å². The maximum absolute atomic E-state index is 13.5. The van der Waals surface area contributed by atoms with Gasteiger partial charge in [0.2, 0.25) is 0 Å². The molecule has 1 aliphatic carbocycles. The van der Waals surface area contributed by atoms with Gasteiger partial charge in [-0.2, -0.15) is 0 Å². The number of ether oxygens (including phenoxy) is 1. The molecule has 0 saturated heterocycles. The molecule has 98 valence electrons. The fourth-order valence-corrected chi connectivity index (χ4v) is 2.58. The van der Waals surface area contributed by atoms with Crippen molar-refractivity contribution in [1.82, 2.24) is 5.32 Å². The van der Waals surface area contributed by atoms with E-state index in [0.29, 0.717) is 4.47 Å². The number of methoxy groups -OCH3 is 1. The van der Waals surface area contributed by atoms with Gasteiger partial charge in [-0.15, -0.1) is 0 Å². The number of hydrogen-bond acceptors (Lipinski definition) is 2. The van der Waals surface area contributed by atoms with Gasteiger partial charge in [0.25, 0.3) is 5.91 Å². The van der Waals surface area contributed by atoms with Gasteiger partial charge in [-0.25, -0.2) is 4.39 Å². The number of amides is 1. The molecular weight excluding hydrogens is 301 g/mol. The molecule has 3 nitrogen and oxygen atoms in total. The first-order valence-corrected chi connectivity index (χ1v) is 6.68. The van der Waals surface area contributed by atoms with E-state index in [1.807, 2.05) is 0 Å². The highest BCUT2D eigenvalue weighted by atomic mass is 79.9. The van der Waals surface area contributed by atoms with Crippen LogP contribution in [0.1, 0.15) is 29.6 Å². The lowest BCUT2D eigenvalue weighted by molar-refractivity contribution is 0.0911. The lowest BCUT2D eigenvalue weighted by atomic mass is 10.1. The molecule has 1 aliphatic rings. The van der Waals surface area contributed by atoms with E-state index in [2.05, 4.69) is 21.2 Å². The minimum Gasteiger partial charge on any atom is -0.381 e. The van der Waals surface area contributed by atoms with Gasteiger partial charge >= 0.3 is 0 Å². The van der Waals surface area contributed by atoms with E-state index < -0.39 is 5.82 Å². The maximum Gasteiger partial charge on any atom is 0.254 e. The Morgan fingerprint density at radius 2 is 2.28 bits per heavy atom. The van der Waals surface area contributed by atoms with Gasteiger partial charge in [0.1, 0.15) is 5.82 Å². The first kappa shape index (κ1) is 13.5. The van der Waals surface area contributed by atoms with Crippen molar-refractivity contribution in [3.05, 3.63) is 34.1 Å². The second-order valence-corrected chi connectivity index (χ2v) is 5.38. The summed E-state index contributed by atoms with van der Waals surface area (Å²) in [4.78, 5) is 12.0. The fraction of sp³-hybridized carbons (Fsp3) is 0.462. The highest BCUT2D eigenvalue weighted by Crippen LogP contribution is 2.22. The summed E-state index contributed by atoms with van der Waals surface area (Å²) in [7, 11) is 1.67. The minimum atomic E-state index is -0.503. The van der Waals surface area contributed by atoms with Crippen molar-refractivity contribution in [3.63, 3.8) is 0 Å². The molecule has 0 aromatic heterocycles. The van der Waals surface area contributed by atoms with Crippen LogP contribution in [0.25, 0.3) is 0 Å². The maximum atomic E-state index is 13.5. The Kier molecular flexibility index (Phi) is 4.35. The molecule has 2 unspecified atom stereocenters.